The number of hydrogen-bond acceptors (Lipinski definition) is 3. The summed E-state index contributed by atoms with van der Waals surface area (Å²) >= 11 is 0. The van der Waals surface area contributed by atoms with E-state index in [1.807, 2.05) is 0 Å². The molecule has 20 heavy (non-hydrogen) atoms. The SMILES string of the molecule is CC(C)NCC1CCCN(Cc2cc(F)ccc2O)C1. The quantitative estimate of drug-likeness (QED) is 0.870. The second-order valence-corrected chi connectivity index (χ2v) is 6.08. The van der Waals surface area contributed by atoms with E-state index in [0.717, 1.165) is 19.6 Å². The Balaban J connectivity index is 1.90. The highest BCUT2D eigenvalue weighted by Gasteiger charge is 2.20. The van der Waals surface area contributed by atoms with Crippen LogP contribution in [-0.2, 0) is 6.54 Å². The summed E-state index contributed by atoms with van der Waals surface area (Å²) in [5.41, 5.74) is 0.683. The molecule has 2 N–H and O–H groups in total. The van der Waals surface area contributed by atoms with Crippen molar-refractivity contribution in [2.24, 2.45) is 5.92 Å². The highest BCUT2D eigenvalue weighted by Crippen LogP contribution is 2.23. The van der Waals surface area contributed by atoms with Gasteiger partial charge in [0.1, 0.15) is 11.6 Å². The van der Waals surface area contributed by atoms with E-state index in [0.29, 0.717) is 24.1 Å². The van der Waals surface area contributed by atoms with Crippen LogP contribution in [-0.4, -0.2) is 35.7 Å². The van der Waals surface area contributed by atoms with Gasteiger partial charge < -0.3 is 10.4 Å². The predicted molar refractivity (Wildman–Crippen MR) is 79.2 cm³/mol. The molecular weight excluding hydrogens is 255 g/mol. The Morgan fingerprint density at radius 1 is 1.45 bits per heavy atom. The lowest BCUT2D eigenvalue weighted by atomic mass is 9.97. The van der Waals surface area contributed by atoms with Gasteiger partial charge in [-0.05, 0) is 50.0 Å². The van der Waals surface area contributed by atoms with E-state index in [2.05, 4.69) is 24.1 Å². The maximum Gasteiger partial charge on any atom is 0.123 e. The van der Waals surface area contributed by atoms with Crippen LogP contribution in [0.2, 0.25) is 0 Å². The van der Waals surface area contributed by atoms with Crippen molar-refractivity contribution in [2.75, 3.05) is 19.6 Å². The van der Waals surface area contributed by atoms with Crippen LogP contribution in [0.25, 0.3) is 0 Å². The zero-order chi connectivity index (χ0) is 14.5. The Labute approximate surface area is 120 Å². The minimum atomic E-state index is -0.284. The first-order valence-electron chi connectivity index (χ1n) is 7.47. The molecule has 1 aromatic rings. The van der Waals surface area contributed by atoms with Gasteiger partial charge in [-0.25, -0.2) is 4.39 Å². The summed E-state index contributed by atoms with van der Waals surface area (Å²) in [6, 6.07) is 4.68. The van der Waals surface area contributed by atoms with E-state index >= 15 is 0 Å². The fourth-order valence-electron chi connectivity index (χ4n) is 2.79. The van der Waals surface area contributed by atoms with E-state index in [-0.39, 0.29) is 11.6 Å². The standard InChI is InChI=1S/C16H25FN2O/c1-12(2)18-9-13-4-3-7-19(10-13)11-14-8-15(17)5-6-16(14)20/h5-6,8,12-13,18,20H,3-4,7,9-11H2,1-2H3. The van der Waals surface area contributed by atoms with Gasteiger partial charge in [0.25, 0.3) is 0 Å². The predicted octanol–water partition coefficient (Wildman–Crippen LogP) is 2.74. The maximum atomic E-state index is 13.2. The Morgan fingerprint density at radius 3 is 3.00 bits per heavy atom. The number of nitrogens with zero attached hydrogens (tertiary/aromatic N) is 1. The molecule has 1 aliphatic rings. The molecule has 0 bridgehead atoms. The Morgan fingerprint density at radius 2 is 2.25 bits per heavy atom. The largest absolute Gasteiger partial charge is 0.508 e. The van der Waals surface area contributed by atoms with Crippen molar-refractivity contribution in [1.29, 1.82) is 0 Å². The monoisotopic (exact) mass is 280 g/mol. The van der Waals surface area contributed by atoms with Crippen molar-refractivity contribution < 1.29 is 9.50 Å². The molecule has 0 saturated carbocycles. The third-order valence-corrected chi connectivity index (χ3v) is 3.85. The first-order valence-corrected chi connectivity index (χ1v) is 7.47. The summed E-state index contributed by atoms with van der Waals surface area (Å²) in [5, 5.41) is 13.3. The molecule has 0 spiro atoms. The Hall–Kier alpha value is -1.13. The number of nitrogens with one attached hydrogen (secondary N) is 1. The molecule has 1 aromatic carbocycles. The normalized spacial score (nSPS) is 20.5. The van der Waals surface area contributed by atoms with Crippen LogP contribution in [0, 0.1) is 11.7 Å². The number of hydrogen-bond donors (Lipinski definition) is 2. The van der Waals surface area contributed by atoms with E-state index in [1.165, 1.54) is 31.0 Å². The molecule has 0 radical (unpaired) electrons. The molecule has 1 saturated heterocycles. The number of phenolic OH excluding ortho intramolecular Hbond substituents is 1. The first kappa shape index (κ1) is 15.3. The van der Waals surface area contributed by atoms with Crippen LogP contribution in [0.3, 0.4) is 0 Å². The smallest absolute Gasteiger partial charge is 0.123 e. The number of rotatable bonds is 5. The highest BCUT2D eigenvalue weighted by molar-refractivity contribution is 5.32. The van der Waals surface area contributed by atoms with Gasteiger partial charge in [-0.15, -0.1) is 0 Å². The summed E-state index contributed by atoms with van der Waals surface area (Å²) in [7, 11) is 0. The molecule has 0 aromatic heterocycles. The van der Waals surface area contributed by atoms with E-state index in [4.69, 9.17) is 0 Å². The molecular formula is C16H25FN2O. The van der Waals surface area contributed by atoms with Crippen molar-refractivity contribution in [2.45, 2.75) is 39.3 Å². The van der Waals surface area contributed by atoms with Crippen molar-refractivity contribution >= 4 is 0 Å². The molecule has 2 rings (SSSR count). The maximum absolute atomic E-state index is 13.2. The minimum Gasteiger partial charge on any atom is -0.508 e. The molecule has 0 aliphatic carbocycles. The molecule has 1 atom stereocenters. The molecule has 4 heteroatoms. The average Bonchev–Trinajstić information content (AvgIpc) is 2.41. The van der Waals surface area contributed by atoms with Crippen molar-refractivity contribution in [3.63, 3.8) is 0 Å². The van der Waals surface area contributed by atoms with Crippen molar-refractivity contribution in [1.82, 2.24) is 10.2 Å². The number of piperidine rings is 1. The summed E-state index contributed by atoms with van der Waals surface area (Å²) in [6.45, 7) is 8.01. The lowest BCUT2D eigenvalue weighted by Crippen LogP contribution is -2.40. The van der Waals surface area contributed by atoms with Gasteiger partial charge in [-0.2, -0.15) is 0 Å². The van der Waals surface area contributed by atoms with Gasteiger partial charge in [0.15, 0.2) is 0 Å². The number of benzene rings is 1. The lowest BCUT2D eigenvalue weighted by molar-refractivity contribution is 0.162. The third kappa shape index (κ3) is 4.46. The van der Waals surface area contributed by atoms with Crippen LogP contribution >= 0.6 is 0 Å². The average molecular weight is 280 g/mol. The van der Waals surface area contributed by atoms with Crippen LogP contribution in [0.1, 0.15) is 32.3 Å². The highest BCUT2D eigenvalue weighted by atomic mass is 19.1. The fraction of sp³-hybridized carbons (Fsp3) is 0.625. The molecule has 1 heterocycles. The van der Waals surface area contributed by atoms with Crippen LogP contribution in [0.15, 0.2) is 18.2 Å². The Kier molecular flexibility index (Phi) is 5.38. The lowest BCUT2D eigenvalue weighted by Gasteiger charge is -2.33. The molecule has 1 fully saturated rings. The minimum absolute atomic E-state index is 0.189. The molecule has 1 unspecified atom stereocenters. The zero-order valence-electron chi connectivity index (χ0n) is 12.4. The summed E-state index contributed by atoms with van der Waals surface area (Å²) < 4.78 is 13.2. The summed E-state index contributed by atoms with van der Waals surface area (Å²) in [6.07, 6.45) is 2.41. The van der Waals surface area contributed by atoms with Crippen molar-refractivity contribution in [3.8, 4) is 5.75 Å². The zero-order valence-corrected chi connectivity index (χ0v) is 12.4. The van der Waals surface area contributed by atoms with Crippen molar-refractivity contribution in [3.05, 3.63) is 29.6 Å². The van der Waals surface area contributed by atoms with Gasteiger partial charge >= 0.3 is 0 Å². The van der Waals surface area contributed by atoms with Gasteiger partial charge in [0, 0.05) is 24.7 Å². The fourth-order valence-corrected chi connectivity index (χ4v) is 2.79. The molecule has 3 nitrogen and oxygen atoms in total. The molecule has 0 amide bonds. The second-order valence-electron chi connectivity index (χ2n) is 6.08. The topological polar surface area (TPSA) is 35.5 Å². The van der Waals surface area contributed by atoms with Crippen LogP contribution < -0.4 is 5.32 Å². The van der Waals surface area contributed by atoms with Gasteiger partial charge in [-0.3, -0.25) is 4.90 Å². The van der Waals surface area contributed by atoms with Gasteiger partial charge in [0.2, 0.25) is 0 Å². The Bertz CT molecular complexity index is 436. The van der Waals surface area contributed by atoms with E-state index in [1.54, 1.807) is 0 Å². The first-order chi connectivity index (χ1) is 9.54. The van der Waals surface area contributed by atoms with Gasteiger partial charge in [0.05, 0.1) is 0 Å². The number of likely N-dealkylation sites (tertiary alicyclic amines) is 1. The summed E-state index contributed by atoms with van der Waals surface area (Å²) in [5.74, 6) is 0.545. The number of aromatic hydroxyl groups is 1. The summed E-state index contributed by atoms with van der Waals surface area (Å²) in [4.78, 5) is 2.31. The number of phenols is 1. The number of halogens is 1. The van der Waals surface area contributed by atoms with E-state index in [9.17, 15) is 9.50 Å². The van der Waals surface area contributed by atoms with Crippen LogP contribution in [0.5, 0.6) is 5.75 Å². The van der Waals surface area contributed by atoms with Crippen LogP contribution in [0.4, 0.5) is 4.39 Å². The second kappa shape index (κ2) is 7.04. The van der Waals surface area contributed by atoms with E-state index < -0.39 is 0 Å². The molecule has 1 aliphatic heterocycles. The van der Waals surface area contributed by atoms with Gasteiger partial charge in [-0.1, -0.05) is 13.8 Å². The molecule has 112 valence electrons. The third-order valence-electron chi connectivity index (χ3n) is 3.85.